The second kappa shape index (κ2) is 9.88. The lowest BCUT2D eigenvalue weighted by Gasteiger charge is -2.13. The third-order valence-electron chi connectivity index (χ3n) is 3.18. The molecule has 2 heteroatoms. The van der Waals surface area contributed by atoms with Crippen LogP contribution in [-0.2, 0) is 9.59 Å². The molecule has 0 aromatic heterocycles. The first-order chi connectivity index (χ1) is 8.54. The monoisotopic (exact) mass is 249 g/mol. The maximum atomic E-state index is 11.6. The summed E-state index contributed by atoms with van der Waals surface area (Å²) in [7, 11) is 0. The first kappa shape index (κ1) is 16.9. The summed E-state index contributed by atoms with van der Waals surface area (Å²) in [6, 6.07) is 0. The molecule has 0 N–H and O–H groups in total. The summed E-state index contributed by atoms with van der Waals surface area (Å²) in [5.74, 6) is 2.65. The van der Waals surface area contributed by atoms with Crippen molar-refractivity contribution in [3.63, 3.8) is 0 Å². The quantitative estimate of drug-likeness (QED) is 0.317. The molecular weight excluding hydrogens is 224 g/mol. The van der Waals surface area contributed by atoms with Crippen LogP contribution in [0.4, 0.5) is 0 Å². The zero-order valence-corrected chi connectivity index (χ0v) is 11.8. The van der Waals surface area contributed by atoms with E-state index in [4.69, 9.17) is 6.42 Å². The van der Waals surface area contributed by atoms with E-state index < -0.39 is 5.41 Å². The standard InChI is InChI=1S/C16H25O2/c1-4-5-6-7-8-9-10-11-12-13-15(18)16(2,3)14-17/h1H,5-13H2,2-3H3. The van der Waals surface area contributed by atoms with Crippen molar-refractivity contribution < 1.29 is 9.59 Å². The van der Waals surface area contributed by atoms with Crippen LogP contribution in [0.25, 0.3) is 0 Å². The van der Waals surface area contributed by atoms with Crippen molar-refractivity contribution in [2.75, 3.05) is 0 Å². The van der Waals surface area contributed by atoms with E-state index in [1.807, 2.05) is 0 Å². The molecule has 0 aliphatic heterocycles. The Balaban J connectivity index is 3.39. The van der Waals surface area contributed by atoms with Crippen LogP contribution in [0, 0.1) is 17.8 Å². The van der Waals surface area contributed by atoms with Crippen LogP contribution in [0.3, 0.4) is 0 Å². The van der Waals surface area contributed by atoms with Gasteiger partial charge in [0.15, 0.2) is 0 Å². The highest BCUT2D eigenvalue weighted by atomic mass is 16.1. The Morgan fingerprint density at radius 1 is 1.00 bits per heavy atom. The van der Waals surface area contributed by atoms with Gasteiger partial charge < -0.3 is 0 Å². The molecule has 0 spiro atoms. The van der Waals surface area contributed by atoms with E-state index in [0.29, 0.717) is 6.42 Å². The summed E-state index contributed by atoms with van der Waals surface area (Å²) in [6.45, 7) is 3.27. The number of hydrogen-bond donors (Lipinski definition) is 0. The smallest absolute Gasteiger partial charge is 0.212 e. The lowest BCUT2D eigenvalue weighted by molar-refractivity contribution is -0.124. The van der Waals surface area contributed by atoms with Crippen LogP contribution in [0.15, 0.2) is 0 Å². The van der Waals surface area contributed by atoms with Crippen molar-refractivity contribution in [1.29, 1.82) is 0 Å². The number of rotatable bonds is 11. The number of ketones is 1. The highest BCUT2D eigenvalue weighted by molar-refractivity contribution is 5.97. The molecule has 0 saturated carbocycles. The van der Waals surface area contributed by atoms with Crippen molar-refractivity contribution in [2.45, 2.75) is 71.6 Å². The van der Waals surface area contributed by atoms with Crippen LogP contribution < -0.4 is 0 Å². The highest BCUT2D eigenvalue weighted by Crippen LogP contribution is 2.17. The number of Topliss-reactive ketones (excluding diaryl/α,β-unsaturated/α-hetero) is 1. The molecule has 0 aliphatic rings. The predicted octanol–water partition coefficient (Wildman–Crippen LogP) is 3.84. The van der Waals surface area contributed by atoms with Gasteiger partial charge in [0.1, 0.15) is 5.78 Å². The minimum atomic E-state index is -0.921. The predicted molar refractivity (Wildman–Crippen MR) is 74.9 cm³/mol. The van der Waals surface area contributed by atoms with Crippen molar-refractivity contribution in [3.8, 4) is 12.3 Å². The third-order valence-corrected chi connectivity index (χ3v) is 3.18. The Morgan fingerprint density at radius 2 is 1.50 bits per heavy atom. The number of hydrogen-bond acceptors (Lipinski definition) is 2. The second-order valence-electron chi connectivity index (χ2n) is 5.33. The van der Waals surface area contributed by atoms with Crippen LogP contribution in [0.1, 0.15) is 71.6 Å². The molecule has 0 rings (SSSR count). The number of unbranched alkanes of at least 4 members (excludes halogenated alkanes) is 7. The Bertz CT molecular complexity index is 284. The average Bonchev–Trinajstić information content (AvgIpc) is 2.36. The Hall–Kier alpha value is -1.10. The molecule has 0 saturated heterocycles. The molecule has 0 aliphatic carbocycles. The van der Waals surface area contributed by atoms with Gasteiger partial charge in [-0.25, -0.2) is 0 Å². The summed E-state index contributed by atoms with van der Waals surface area (Å²) >= 11 is 0. The molecule has 1 radical (unpaired) electrons. The fourth-order valence-corrected chi connectivity index (χ4v) is 1.77. The number of terminal acetylenes is 1. The summed E-state index contributed by atoms with van der Waals surface area (Å²) in [4.78, 5) is 22.2. The molecule has 0 aromatic carbocycles. The van der Waals surface area contributed by atoms with Gasteiger partial charge in [0.2, 0.25) is 6.29 Å². The van der Waals surface area contributed by atoms with Gasteiger partial charge in [-0.1, -0.05) is 32.1 Å². The van der Waals surface area contributed by atoms with Gasteiger partial charge in [-0.15, -0.1) is 12.3 Å². The van der Waals surface area contributed by atoms with Crippen LogP contribution >= 0.6 is 0 Å². The van der Waals surface area contributed by atoms with E-state index in [2.05, 4.69) is 5.92 Å². The van der Waals surface area contributed by atoms with Crippen LogP contribution in [-0.4, -0.2) is 12.1 Å². The summed E-state index contributed by atoms with van der Waals surface area (Å²) in [5, 5.41) is 0. The normalized spacial score (nSPS) is 10.9. The fraction of sp³-hybridized carbons (Fsp3) is 0.750. The van der Waals surface area contributed by atoms with Crippen molar-refractivity contribution in [1.82, 2.24) is 0 Å². The lowest BCUT2D eigenvalue weighted by atomic mass is 9.87. The van der Waals surface area contributed by atoms with Gasteiger partial charge in [0, 0.05) is 12.8 Å². The van der Waals surface area contributed by atoms with Crippen molar-refractivity contribution in [2.24, 2.45) is 5.41 Å². The average molecular weight is 249 g/mol. The molecular formula is C16H25O2. The molecule has 0 unspecified atom stereocenters. The summed E-state index contributed by atoms with van der Waals surface area (Å²) < 4.78 is 0. The van der Waals surface area contributed by atoms with E-state index in [9.17, 15) is 9.59 Å². The van der Waals surface area contributed by atoms with Gasteiger partial charge in [0.25, 0.3) is 0 Å². The molecule has 0 bridgehead atoms. The Labute approximate surface area is 112 Å². The van der Waals surface area contributed by atoms with E-state index in [0.717, 1.165) is 32.1 Å². The first-order valence-corrected chi connectivity index (χ1v) is 6.90. The molecule has 0 fully saturated rings. The third kappa shape index (κ3) is 8.06. The van der Waals surface area contributed by atoms with Gasteiger partial charge in [-0.2, -0.15) is 0 Å². The molecule has 2 nitrogen and oxygen atoms in total. The number of carbonyl (C=O) groups is 1. The molecule has 0 aromatic rings. The topological polar surface area (TPSA) is 34.1 Å². The number of carbonyl (C=O) groups excluding carboxylic acids is 2. The van der Waals surface area contributed by atoms with Gasteiger partial charge in [0.05, 0.1) is 5.41 Å². The van der Waals surface area contributed by atoms with E-state index in [-0.39, 0.29) is 5.78 Å². The molecule has 0 amide bonds. The summed E-state index contributed by atoms with van der Waals surface area (Å²) in [5.41, 5.74) is -0.921. The van der Waals surface area contributed by atoms with Crippen LogP contribution in [0.5, 0.6) is 0 Å². The molecule has 101 valence electrons. The minimum absolute atomic E-state index is 0.00604. The zero-order chi connectivity index (χ0) is 13.9. The largest absolute Gasteiger partial charge is 0.299 e. The van der Waals surface area contributed by atoms with Crippen molar-refractivity contribution >= 4 is 12.1 Å². The van der Waals surface area contributed by atoms with Gasteiger partial charge >= 0.3 is 0 Å². The molecule has 0 atom stereocenters. The van der Waals surface area contributed by atoms with Gasteiger partial charge in [-0.05, 0) is 26.7 Å². The SMILES string of the molecule is C#CCCCCCCCCCC(=O)C(C)(C)[C]=O. The minimum Gasteiger partial charge on any atom is -0.299 e. The van der Waals surface area contributed by atoms with E-state index >= 15 is 0 Å². The van der Waals surface area contributed by atoms with E-state index in [1.165, 1.54) is 19.3 Å². The van der Waals surface area contributed by atoms with Gasteiger partial charge in [-0.3, -0.25) is 9.59 Å². The van der Waals surface area contributed by atoms with Crippen molar-refractivity contribution in [3.05, 3.63) is 0 Å². The maximum Gasteiger partial charge on any atom is 0.212 e. The second-order valence-corrected chi connectivity index (χ2v) is 5.33. The first-order valence-electron chi connectivity index (χ1n) is 6.90. The lowest BCUT2D eigenvalue weighted by Crippen LogP contribution is -2.25. The molecule has 18 heavy (non-hydrogen) atoms. The summed E-state index contributed by atoms with van der Waals surface area (Å²) in [6.07, 6.45) is 16.2. The molecule has 0 heterocycles. The van der Waals surface area contributed by atoms with E-state index in [1.54, 1.807) is 20.1 Å². The van der Waals surface area contributed by atoms with Crippen LogP contribution in [0.2, 0.25) is 0 Å². The fourth-order valence-electron chi connectivity index (χ4n) is 1.77. The Morgan fingerprint density at radius 3 is 2.00 bits per heavy atom. The zero-order valence-electron chi connectivity index (χ0n) is 11.8. The Kier molecular flexibility index (Phi) is 9.28. The maximum absolute atomic E-state index is 11.6. The highest BCUT2D eigenvalue weighted by Gasteiger charge is 2.26.